The molecule has 1 atom stereocenters. The Balaban J connectivity index is 2.34. The van der Waals surface area contributed by atoms with Gasteiger partial charge in [0.2, 0.25) is 10.0 Å². The van der Waals surface area contributed by atoms with Crippen LogP contribution in [0.1, 0.15) is 24.1 Å². The Kier molecular flexibility index (Phi) is 4.03. The quantitative estimate of drug-likeness (QED) is 0.751. The maximum atomic E-state index is 12.4. The summed E-state index contributed by atoms with van der Waals surface area (Å²) in [6.07, 6.45) is 3.20. The first-order chi connectivity index (χ1) is 9.31. The van der Waals surface area contributed by atoms with E-state index < -0.39 is 16.1 Å². The first-order valence-electron chi connectivity index (χ1n) is 5.88. The predicted octanol–water partition coefficient (Wildman–Crippen LogP) is 1.99. The van der Waals surface area contributed by atoms with E-state index >= 15 is 0 Å². The van der Waals surface area contributed by atoms with Crippen LogP contribution in [0.15, 0.2) is 29.4 Å². The molecule has 1 heterocycles. The highest BCUT2D eigenvalue weighted by molar-refractivity contribution is 7.89. The molecule has 0 aliphatic heterocycles. The lowest BCUT2D eigenvalue weighted by molar-refractivity contribution is 0.566. The fourth-order valence-electron chi connectivity index (χ4n) is 1.82. The third-order valence-electron chi connectivity index (χ3n) is 2.94. The van der Waals surface area contributed by atoms with Crippen LogP contribution in [0.4, 0.5) is 5.69 Å². The number of nitrogens with one attached hydrogen (secondary N) is 2. The summed E-state index contributed by atoms with van der Waals surface area (Å²) < 4.78 is 27.3. The Morgan fingerprint density at radius 1 is 1.45 bits per heavy atom. The Hall–Kier alpha value is -1.57. The fraction of sp³-hybridized carbons (Fsp3) is 0.250. The Bertz CT molecular complexity index is 713. The average molecular weight is 315 g/mol. The minimum atomic E-state index is -3.69. The number of nitrogen functional groups attached to an aromatic ring is 1. The van der Waals surface area contributed by atoms with Gasteiger partial charge in [-0.1, -0.05) is 11.6 Å². The van der Waals surface area contributed by atoms with Crippen molar-refractivity contribution >= 4 is 27.3 Å². The molecule has 1 aromatic carbocycles. The van der Waals surface area contributed by atoms with Crippen LogP contribution in [0.3, 0.4) is 0 Å². The lowest BCUT2D eigenvalue weighted by Crippen LogP contribution is -2.27. The van der Waals surface area contributed by atoms with Gasteiger partial charge < -0.3 is 5.73 Å². The van der Waals surface area contributed by atoms with Crippen molar-refractivity contribution in [2.24, 2.45) is 0 Å². The summed E-state index contributed by atoms with van der Waals surface area (Å²) in [5.41, 5.74) is 7.18. The average Bonchev–Trinajstić information content (AvgIpc) is 2.86. The van der Waals surface area contributed by atoms with E-state index in [1.54, 1.807) is 26.2 Å². The highest BCUT2D eigenvalue weighted by atomic mass is 35.5. The lowest BCUT2D eigenvalue weighted by atomic mass is 10.2. The van der Waals surface area contributed by atoms with Gasteiger partial charge in [-0.2, -0.15) is 5.10 Å². The normalized spacial score (nSPS) is 13.3. The number of aryl methyl sites for hydroxylation is 1. The zero-order chi connectivity index (χ0) is 14.9. The van der Waals surface area contributed by atoms with Gasteiger partial charge in [0, 0.05) is 17.8 Å². The first kappa shape index (κ1) is 14.8. The summed E-state index contributed by atoms with van der Waals surface area (Å²) in [4.78, 5) is 0.120. The van der Waals surface area contributed by atoms with Gasteiger partial charge in [-0.3, -0.25) is 5.10 Å². The van der Waals surface area contributed by atoms with Gasteiger partial charge in [-0.15, -0.1) is 0 Å². The van der Waals surface area contributed by atoms with Crippen LogP contribution in [-0.2, 0) is 10.0 Å². The lowest BCUT2D eigenvalue weighted by Gasteiger charge is -2.15. The summed E-state index contributed by atoms with van der Waals surface area (Å²) in [5.74, 6) is 0. The summed E-state index contributed by atoms with van der Waals surface area (Å²) >= 11 is 5.87. The molecule has 1 unspecified atom stereocenters. The van der Waals surface area contributed by atoms with Gasteiger partial charge in [0.15, 0.2) is 0 Å². The van der Waals surface area contributed by atoms with E-state index in [1.165, 1.54) is 12.1 Å². The molecule has 0 spiro atoms. The number of aromatic nitrogens is 2. The molecule has 20 heavy (non-hydrogen) atoms. The van der Waals surface area contributed by atoms with Gasteiger partial charge in [-0.25, -0.2) is 13.1 Å². The molecule has 2 aromatic rings. The van der Waals surface area contributed by atoms with Crippen LogP contribution in [-0.4, -0.2) is 18.6 Å². The standard InChI is InChI=1S/C12H15ClN4O2S/c1-7-3-10(13)11(14)4-12(7)20(18,19)17-8(2)9-5-15-16-6-9/h3-6,8,17H,14H2,1-2H3,(H,15,16). The SMILES string of the molecule is Cc1cc(Cl)c(N)cc1S(=O)(=O)NC(C)c1cn[nH]c1. The van der Waals surface area contributed by atoms with Crippen LogP contribution in [0.25, 0.3) is 0 Å². The molecule has 0 amide bonds. The van der Waals surface area contributed by atoms with E-state index in [2.05, 4.69) is 14.9 Å². The molecule has 1 aromatic heterocycles. The second-order valence-corrected chi connectivity index (χ2v) is 6.60. The minimum absolute atomic E-state index is 0.120. The van der Waals surface area contributed by atoms with Gasteiger partial charge in [-0.05, 0) is 31.5 Å². The van der Waals surface area contributed by atoms with Crippen molar-refractivity contribution in [3.05, 3.63) is 40.7 Å². The second kappa shape index (κ2) is 5.43. The molecule has 0 radical (unpaired) electrons. The van der Waals surface area contributed by atoms with E-state index in [-0.39, 0.29) is 10.6 Å². The van der Waals surface area contributed by atoms with Crippen LogP contribution in [0, 0.1) is 6.92 Å². The van der Waals surface area contributed by atoms with Gasteiger partial charge in [0.1, 0.15) is 0 Å². The number of halogens is 1. The van der Waals surface area contributed by atoms with Crippen LogP contribution in [0.5, 0.6) is 0 Å². The number of anilines is 1. The molecule has 8 heteroatoms. The van der Waals surface area contributed by atoms with Crippen molar-refractivity contribution in [1.29, 1.82) is 0 Å². The van der Waals surface area contributed by atoms with E-state index in [4.69, 9.17) is 17.3 Å². The monoisotopic (exact) mass is 314 g/mol. The van der Waals surface area contributed by atoms with Crippen LogP contribution < -0.4 is 10.5 Å². The zero-order valence-corrected chi connectivity index (χ0v) is 12.6. The van der Waals surface area contributed by atoms with Crippen molar-refractivity contribution in [2.45, 2.75) is 24.8 Å². The number of rotatable bonds is 4. The molecular weight excluding hydrogens is 300 g/mol. The van der Waals surface area contributed by atoms with Crippen molar-refractivity contribution in [3.8, 4) is 0 Å². The van der Waals surface area contributed by atoms with Crippen molar-refractivity contribution in [1.82, 2.24) is 14.9 Å². The largest absolute Gasteiger partial charge is 0.397 e. The molecule has 0 aliphatic carbocycles. The van der Waals surface area contributed by atoms with E-state index in [0.717, 1.165) is 5.56 Å². The Morgan fingerprint density at radius 2 is 2.15 bits per heavy atom. The fourth-order valence-corrected chi connectivity index (χ4v) is 3.53. The predicted molar refractivity (Wildman–Crippen MR) is 77.9 cm³/mol. The van der Waals surface area contributed by atoms with Crippen LogP contribution in [0.2, 0.25) is 5.02 Å². The highest BCUT2D eigenvalue weighted by Crippen LogP contribution is 2.27. The number of hydrogen-bond donors (Lipinski definition) is 3. The summed E-state index contributed by atoms with van der Waals surface area (Å²) in [7, 11) is -3.69. The van der Waals surface area contributed by atoms with Crippen molar-refractivity contribution in [2.75, 3.05) is 5.73 Å². The molecular formula is C12H15ClN4O2S. The number of aromatic amines is 1. The molecule has 0 aliphatic rings. The molecule has 6 nitrogen and oxygen atoms in total. The first-order valence-corrected chi connectivity index (χ1v) is 7.74. The summed E-state index contributed by atoms with van der Waals surface area (Å²) in [6, 6.07) is 2.49. The topological polar surface area (TPSA) is 101 Å². The van der Waals surface area contributed by atoms with Gasteiger partial charge in [0.25, 0.3) is 0 Å². The van der Waals surface area contributed by atoms with Crippen molar-refractivity contribution < 1.29 is 8.42 Å². The molecule has 0 saturated carbocycles. The van der Waals surface area contributed by atoms with Crippen LogP contribution >= 0.6 is 11.6 Å². The summed E-state index contributed by atoms with van der Waals surface area (Å²) in [6.45, 7) is 3.40. The maximum Gasteiger partial charge on any atom is 0.241 e. The summed E-state index contributed by atoms with van der Waals surface area (Å²) in [5, 5.41) is 6.77. The Labute approximate surface area is 122 Å². The molecule has 0 fully saturated rings. The third-order valence-corrected chi connectivity index (χ3v) is 4.95. The van der Waals surface area contributed by atoms with Gasteiger partial charge in [0.05, 0.1) is 21.8 Å². The third kappa shape index (κ3) is 2.95. The van der Waals surface area contributed by atoms with Gasteiger partial charge >= 0.3 is 0 Å². The van der Waals surface area contributed by atoms with E-state index in [9.17, 15) is 8.42 Å². The van der Waals surface area contributed by atoms with E-state index in [0.29, 0.717) is 10.6 Å². The minimum Gasteiger partial charge on any atom is -0.397 e. The number of nitrogens with two attached hydrogens (primary N) is 1. The molecule has 0 saturated heterocycles. The Morgan fingerprint density at radius 3 is 2.75 bits per heavy atom. The smallest absolute Gasteiger partial charge is 0.241 e. The maximum absolute atomic E-state index is 12.4. The zero-order valence-electron chi connectivity index (χ0n) is 11.0. The van der Waals surface area contributed by atoms with Crippen molar-refractivity contribution in [3.63, 3.8) is 0 Å². The highest BCUT2D eigenvalue weighted by Gasteiger charge is 2.21. The van der Waals surface area contributed by atoms with E-state index in [1.807, 2.05) is 0 Å². The molecule has 4 N–H and O–H groups in total. The number of H-pyrrole nitrogens is 1. The molecule has 0 bridgehead atoms. The second-order valence-electron chi connectivity index (χ2n) is 4.51. The number of benzene rings is 1. The molecule has 2 rings (SSSR count). The molecule has 108 valence electrons. The number of sulfonamides is 1. The number of nitrogens with zero attached hydrogens (tertiary/aromatic N) is 1. The number of hydrogen-bond acceptors (Lipinski definition) is 4.